The lowest BCUT2D eigenvalue weighted by molar-refractivity contribution is 0.186. The topological polar surface area (TPSA) is 75.1 Å². The molecule has 0 fully saturated rings. The third-order valence-corrected chi connectivity index (χ3v) is 3.88. The molecular weight excluding hydrogens is 445 g/mol. The Labute approximate surface area is 174 Å². The van der Waals surface area contributed by atoms with Gasteiger partial charge in [-0.15, -0.1) is 24.0 Å². The molecule has 1 aromatic carbocycles. The van der Waals surface area contributed by atoms with E-state index in [2.05, 4.69) is 22.5 Å². The Balaban J connectivity index is 0.00000625. The van der Waals surface area contributed by atoms with Crippen LogP contribution in [0.3, 0.4) is 0 Å². The molecule has 0 aliphatic rings. The molecule has 6 nitrogen and oxygen atoms in total. The molecule has 150 valence electrons. The van der Waals surface area contributed by atoms with E-state index in [1.165, 1.54) is 19.3 Å². The third-order valence-electron chi connectivity index (χ3n) is 3.88. The Morgan fingerprint density at radius 3 is 2.42 bits per heavy atom. The van der Waals surface area contributed by atoms with Crippen LogP contribution in [0, 0.1) is 0 Å². The molecule has 1 atom stereocenters. The minimum atomic E-state index is -0.699. The van der Waals surface area contributed by atoms with Crippen molar-refractivity contribution in [2.24, 2.45) is 4.99 Å². The van der Waals surface area contributed by atoms with Crippen molar-refractivity contribution in [2.75, 3.05) is 33.9 Å². The monoisotopic (exact) mass is 479 g/mol. The van der Waals surface area contributed by atoms with Gasteiger partial charge in [-0.2, -0.15) is 0 Å². The van der Waals surface area contributed by atoms with E-state index in [1.54, 1.807) is 26.4 Å². The number of unbranched alkanes of at least 4 members (excludes halogenated alkanes) is 3. The van der Waals surface area contributed by atoms with Crippen molar-refractivity contribution in [1.82, 2.24) is 10.6 Å². The minimum Gasteiger partial charge on any atom is -0.493 e. The van der Waals surface area contributed by atoms with E-state index in [0.717, 1.165) is 31.0 Å². The fourth-order valence-electron chi connectivity index (χ4n) is 2.44. The molecule has 0 saturated carbocycles. The number of aliphatic hydroxyl groups excluding tert-OH is 1. The number of hydrogen-bond acceptors (Lipinski definition) is 4. The standard InChI is InChI=1S/C19H33N3O3.HI/c1-5-7-8-9-12-21-19(20-6-2)22-14-16(23)15-10-11-17(24-3)18(13-15)25-4;/h10-11,13,16,23H,5-9,12,14H2,1-4H3,(H2,20,21,22);1H. The molecule has 3 N–H and O–H groups in total. The van der Waals surface area contributed by atoms with Crippen molar-refractivity contribution in [3.63, 3.8) is 0 Å². The first-order valence-corrected chi connectivity index (χ1v) is 9.08. The quantitative estimate of drug-likeness (QED) is 0.196. The number of nitrogens with one attached hydrogen (secondary N) is 2. The summed E-state index contributed by atoms with van der Waals surface area (Å²) in [5.41, 5.74) is 0.750. The van der Waals surface area contributed by atoms with Crippen molar-refractivity contribution in [3.8, 4) is 11.5 Å². The van der Waals surface area contributed by atoms with Crippen molar-refractivity contribution < 1.29 is 14.6 Å². The van der Waals surface area contributed by atoms with Crippen LogP contribution in [0.5, 0.6) is 11.5 Å². The van der Waals surface area contributed by atoms with Gasteiger partial charge in [0.1, 0.15) is 0 Å². The smallest absolute Gasteiger partial charge is 0.191 e. The average Bonchev–Trinajstić information content (AvgIpc) is 2.64. The number of rotatable bonds is 11. The molecule has 1 rings (SSSR count). The van der Waals surface area contributed by atoms with Crippen LogP contribution < -0.4 is 20.1 Å². The van der Waals surface area contributed by atoms with Gasteiger partial charge in [0.2, 0.25) is 0 Å². The van der Waals surface area contributed by atoms with Gasteiger partial charge >= 0.3 is 0 Å². The molecule has 0 aliphatic heterocycles. The van der Waals surface area contributed by atoms with Crippen LogP contribution in [0.4, 0.5) is 0 Å². The van der Waals surface area contributed by atoms with Crippen molar-refractivity contribution in [1.29, 1.82) is 0 Å². The second-order valence-corrected chi connectivity index (χ2v) is 5.84. The summed E-state index contributed by atoms with van der Waals surface area (Å²) in [6.07, 6.45) is 4.13. The number of nitrogens with zero attached hydrogens (tertiary/aromatic N) is 1. The first kappa shape index (κ1) is 24.8. The Bertz CT molecular complexity index is 527. The summed E-state index contributed by atoms with van der Waals surface area (Å²) in [4.78, 5) is 4.48. The number of guanidine groups is 1. The van der Waals surface area contributed by atoms with E-state index < -0.39 is 6.10 Å². The fourth-order valence-corrected chi connectivity index (χ4v) is 2.44. The number of benzene rings is 1. The third kappa shape index (κ3) is 8.93. The molecule has 0 amide bonds. The second kappa shape index (κ2) is 14.9. The van der Waals surface area contributed by atoms with Crippen molar-refractivity contribution >= 4 is 29.9 Å². The summed E-state index contributed by atoms with van der Waals surface area (Å²) in [7, 11) is 3.17. The molecule has 0 aromatic heterocycles. The summed E-state index contributed by atoms with van der Waals surface area (Å²) in [5.74, 6) is 1.98. The molecule has 0 saturated heterocycles. The summed E-state index contributed by atoms with van der Waals surface area (Å²) >= 11 is 0. The average molecular weight is 479 g/mol. The molecule has 7 heteroatoms. The number of ether oxygens (including phenoxy) is 2. The van der Waals surface area contributed by atoms with Crippen LogP contribution in [0.15, 0.2) is 23.2 Å². The van der Waals surface area contributed by atoms with E-state index >= 15 is 0 Å². The molecule has 0 aliphatic carbocycles. The highest BCUT2D eigenvalue weighted by molar-refractivity contribution is 14.0. The van der Waals surface area contributed by atoms with E-state index in [-0.39, 0.29) is 30.5 Å². The lowest BCUT2D eigenvalue weighted by Crippen LogP contribution is -2.38. The van der Waals surface area contributed by atoms with E-state index in [9.17, 15) is 5.11 Å². The summed E-state index contributed by atoms with van der Waals surface area (Å²) in [6, 6.07) is 5.40. The van der Waals surface area contributed by atoms with Crippen LogP contribution >= 0.6 is 24.0 Å². The van der Waals surface area contributed by atoms with E-state index in [0.29, 0.717) is 11.5 Å². The van der Waals surface area contributed by atoms with Gasteiger partial charge in [-0.05, 0) is 31.0 Å². The maximum atomic E-state index is 10.4. The van der Waals surface area contributed by atoms with Crippen LogP contribution in [0.2, 0.25) is 0 Å². The SMILES string of the molecule is CCCCCCNC(=NCC(O)c1ccc(OC)c(OC)c1)NCC.I. The predicted molar refractivity (Wildman–Crippen MR) is 118 cm³/mol. The molecule has 26 heavy (non-hydrogen) atoms. The van der Waals surface area contributed by atoms with Gasteiger partial charge < -0.3 is 25.2 Å². The molecule has 1 aromatic rings. The first-order valence-electron chi connectivity index (χ1n) is 9.08. The zero-order chi connectivity index (χ0) is 18.5. The molecular formula is C19H34IN3O3. The molecule has 0 radical (unpaired) electrons. The molecule has 0 bridgehead atoms. The normalized spacial score (nSPS) is 12.1. The largest absolute Gasteiger partial charge is 0.493 e. The predicted octanol–water partition coefficient (Wildman–Crippen LogP) is 3.49. The van der Waals surface area contributed by atoms with E-state index in [4.69, 9.17) is 9.47 Å². The van der Waals surface area contributed by atoms with Gasteiger partial charge in [0.25, 0.3) is 0 Å². The van der Waals surface area contributed by atoms with Crippen LogP contribution in [0.1, 0.15) is 51.2 Å². The highest BCUT2D eigenvalue weighted by Gasteiger charge is 2.11. The maximum Gasteiger partial charge on any atom is 0.191 e. The zero-order valence-electron chi connectivity index (χ0n) is 16.4. The lowest BCUT2D eigenvalue weighted by atomic mass is 10.1. The zero-order valence-corrected chi connectivity index (χ0v) is 18.7. The minimum absolute atomic E-state index is 0. The van der Waals surface area contributed by atoms with Gasteiger partial charge in [-0.1, -0.05) is 32.3 Å². The number of methoxy groups -OCH3 is 2. The van der Waals surface area contributed by atoms with Crippen LogP contribution in [-0.2, 0) is 0 Å². The first-order chi connectivity index (χ1) is 12.2. The summed E-state index contributed by atoms with van der Waals surface area (Å²) < 4.78 is 10.5. The van der Waals surface area contributed by atoms with E-state index in [1.807, 2.05) is 13.0 Å². The van der Waals surface area contributed by atoms with Gasteiger partial charge in [0.05, 0.1) is 26.9 Å². The second-order valence-electron chi connectivity index (χ2n) is 5.84. The number of aliphatic hydroxyl groups is 1. The van der Waals surface area contributed by atoms with Gasteiger partial charge in [-0.3, -0.25) is 4.99 Å². The van der Waals surface area contributed by atoms with Crippen LogP contribution in [-0.4, -0.2) is 44.9 Å². The Kier molecular flexibility index (Phi) is 14.2. The number of hydrogen-bond donors (Lipinski definition) is 3. The summed E-state index contributed by atoms with van der Waals surface area (Å²) in [5, 5.41) is 16.9. The van der Waals surface area contributed by atoms with Crippen molar-refractivity contribution in [3.05, 3.63) is 23.8 Å². The maximum absolute atomic E-state index is 10.4. The van der Waals surface area contributed by atoms with Crippen LogP contribution in [0.25, 0.3) is 0 Å². The number of halogens is 1. The Morgan fingerprint density at radius 2 is 1.81 bits per heavy atom. The highest BCUT2D eigenvalue weighted by Crippen LogP contribution is 2.29. The fraction of sp³-hybridized carbons (Fsp3) is 0.632. The van der Waals surface area contributed by atoms with Gasteiger partial charge in [0.15, 0.2) is 17.5 Å². The molecule has 0 heterocycles. The Morgan fingerprint density at radius 1 is 1.08 bits per heavy atom. The highest BCUT2D eigenvalue weighted by atomic mass is 127. The van der Waals surface area contributed by atoms with Gasteiger partial charge in [-0.25, -0.2) is 0 Å². The van der Waals surface area contributed by atoms with Gasteiger partial charge in [0, 0.05) is 13.1 Å². The summed E-state index contributed by atoms with van der Waals surface area (Å²) in [6.45, 7) is 6.18. The molecule has 1 unspecified atom stereocenters. The number of aliphatic imine (C=N–C) groups is 1. The molecule has 0 spiro atoms. The lowest BCUT2D eigenvalue weighted by Gasteiger charge is -2.15. The van der Waals surface area contributed by atoms with Crippen molar-refractivity contribution in [2.45, 2.75) is 45.6 Å². The Hall–Kier alpha value is -1.22.